The Kier molecular flexibility index (Phi) is 5.85. The van der Waals surface area contributed by atoms with Crippen LogP contribution in [0.4, 0.5) is 8.78 Å². The van der Waals surface area contributed by atoms with Crippen LogP contribution in [0.15, 0.2) is 67.0 Å². The summed E-state index contributed by atoms with van der Waals surface area (Å²) in [4.78, 5) is 32.4. The average Bonchev–Trinajstić information content (AvgIpc) is 2.79. The van der Waals surface area contributed by atoms with E-state index in [9.17, 15) is 23.5 Å². The maximum absolute atomic E-state index is 13.2. The van der Waals surface area contributed by atoms with Gasteiger partial charge in [-0.15, -0.1) is 0 Å². The molecule has 1 unspecified atom stereocenters. The molecule has 0 bridgehead atoms. The van der Waals surface area contributed by atoms with E-state index in [-0.39, 0.29) is 28.9 Å². The van der Waals surface area contributed by atoms with Gasteiger partial charge < -0.3 is 9.84 Å². The molecule has 0 amide bonds. The van der Waals surface area contributed by atoms with Crippen molar-refractivity contribution in [3.8, 4) is 5.75 Å². The molecule has 32 heavy (non-hydrogen) atoms. The first-order valence-corrected chi connectivity index (χ1v) is 9.56. The molecule has 0 fully saturated rings. The molecule has 0 saturated heterocycles. The van der Waals surface area contributed by atoms with Gasteiger partial charge in [0, 0.05) is 18.0 Å². The fourth-order valence-corrected chi connectivity index (χ4v) is 3.34. The van der Waals surface area contributed by atoms with Gasteiger partial charge in [0.05, 0.1) is 11.1 Å². The first kappa shape index (κ1) is 21.0. The Hall–Kier alpha value is -4.20. The minimum absolute atomic E-state index is 0.0997. The fraction of sp³-hybridized carbons (Fsp3) is 0.0833. The SMILES string of the molecule is O=COC(C(=O)c1cnc2cc(Cc3ccc(F)cc3)cnc2c1O)c1ccc(F)cc1. The Labute approximate surface area is 181 Å². The van der Waals surface area contributed by atoms with Crippen LogP contribution in [0.2, 0.25) is 0 Å². The van der Waals surface area contributed by atoms with E-state index in [1.807, 2.05) is 0 Å². The molecule has 1 N–H and O–H groups in total. The first-order chi connectivity index (χ1) is 15.5. The summed E-state index contributed by atoms with van der Waals surface area (Å²) in [6.07, 6.45) is 1.80. The van der Waals surface area contributed by atoms with Crippen LogP contribution >= 0.6 is 0 Å². The Bertz CT molecular complexity index is 1290. The summed E-state index contributed by atoms with van der Waals surface area (Å²) < 4.78 is 31.2. The number of pyridine rings is 2. The van der Waals surface area contributed by atoms with Gasteiger partial charge in [-0.3, -0.25) is 19.6 Å². The summed E-state index contributed by atoms with van der Waals surface area (Å²) in [6, 6.07) is 12.6. The van der Waals surface area contributed by atoms with Crippen molar-refractivity contribution >= 4 is 23.3 Å². The molecular weight excluding hydrogens is 418 g/mol. The second-order valence-electron chi connectivity index (χ2n) is 7.06. The van der Waals surface area contributed by atoms with E-state index in [1.165, 1.54) is 36.7 Å². The van der Waals surface area contributed by atoms with Gasteiger partial charge in [0.2, 0.25) is 5.78 Å². The van der Waals surface area contributed by atoms with Crippen LogP contribution in [0, 0.1) is 11.6 Å². The van der Waals surface area contributed by atoms with Crippen molar-refractivity contribution in [2.75, 3.05) is 0 Å². The smallest absolute Gasteiger partial charge is 0.294 e. The Morgan fingerprint density at radius 3 is 2.28 bits per heavy atom. The number of fused-ring (bicyclic) bond motifs is 1. The molecule has 0 radical (unpaired) electrons. The topological polar surface area (TPSA) is 89.4 Å². The molecule has 8 heteroatoms. The summed E-state index contributed by atoms with van der Waals surface area (Å²) >= 11 is 0. The van der Waals surface area contributed by atoms with Crippen LogP contribution in [-0.2, 0) is 16.0 Å². The third-order valence-electron chi connectivity index (χ3n) is 4.93. The summed E-state index contributed by atoms with van der Waals surface area (Å²) in [5.41, 5.74) is 2.16. The monoisotopic (exact) mass is 434 g/mol. The number of benzene rings is 2. The molecule has 4 rings (SSSR count). The Balaban J connectivity index is 1.66. The highest BCUT2D eigenvalue weighted by Gasteiger charge is 2.27. The molecular formula is C24H16F2N2O4. The van der Waals surface area contributed by atoms with Gasteiger partial charge in [0.15, 0.2) is 11.9 Å². The molecule has 2 aromatic heterocycles. The zero-order chi connectivity index (χ0) is 22.7. The van der Waals surface area contributed by atoms with Crippen LogP contribution in [0.5, 0.6) is 5.75 Å². The largest absolute Gasteiger partial charge is 0.505 e. The molecule has 2 heterocycles. The van der Waals surface area contributed by atoms with Crippen molar-refractivity contribution in [2.45, 2.75) is 12.5 Å². The maximum atomic E-state index is 13.2. The van der Waals surface area contributed by atoms with Crippen LogP contribution in [0.3, 0.4) is 0 Å². The maximum Gasteiger partial charge on any atom is 0.294 e. The molecule has 160 valence electrons. The summed E-state index contributed by atoms with van der Waals surface area (Å²) in [5.74, 6) is -1.98. The zero-order valence-corrected chi connectivity index (χ0v) is 16.5. The Morgan fingerprint density at radius 2 is 1.62 bits per heavy atom. The van der Waals surface area contributed by atoms with E-state index in [0.717, 1.165) is 23.3 Å². The standard InChI is InChI=1S/C24H16F2N2O4/c25-17-5-1-14(2-6-17)9-15-10-20-21(28-11-15)22(30)19(12-27-20)23(31)24(32-13-29)16-3-7-18(26)8-4-16/h1-8,10-13,24H,9H2,(H,27,30). The number of rotatable bonds is 7. The van der Waals surface area contributed by atoms with E-state index < -0.39 is 23.5 Å². The van der Waals surface area contributed by atoms with Crippen molar-refractivity contribution < 1.29 is 28.2 Å². The number of Topliss-reactive ketones (excluding diaryl/α,β-unsaturated/α-hetero) is 1. The molecule has 0 saturated carbocycles. The van der Waals surface area contributed by atoms with Crippen molar-refractivity contribution in [1.82, 2.24) is 9.97 Å². The van der Waals surface area contributed by atoms with Gasteiger partial charge in [0.25, 0.3) is 6.47 Å². The highest BCUT2D eigenvalue weighted by molar-refractivity contribution is 6.05. The van der Waals surface area contributed by atoms with Gasteiger partial charge in [-0.05, 0) is 47.9 Å². The normalized spacial score (nSPS) is 11.8. The zero-order valence-electron chi connectivity index (χ0n) is 16.5. The quantitative estimate of drug-likeness (QED) is 0.345. The second-order valence-corrected chi connectivity index (χ2v) is 7.06. The van der Waals surface area contributed by atoms with Gasteiger partial charge in [-0.2, -0.15) is 0 Å². The van der Waals surface area contributed by atoms with E-state index in [2.05, 4.69) is 9.97 Å². The fourth-order valence-electron chi connectivity index (χ4n) is 3.34. The minimum atomic E-state index is -1.38. The van der Waals surface area contributed by atoms with Crippen LogP contribution in [-0.4, -0.2) is 27.3 Å². The molecule has 2 aromatic carbocycles. The number of hydrogen-bond donors (Lipinski definition) is 1. The highest BCUT2D eigenvalue weighted by atomic mass is 19.1. The van der Waals surface area contributed by atoms with Crippen molar-refractivity contribution in [3.63, 3.8) is 0 Å². The summed E-state index contributed by atoms with van der Waals surface area (Å²) in [6.45, 7) is 0.109. The van der Waals surface area contributed by atoms with E-state index >= 15 is 0 Å². The van der Waals surface area contributed by atoms with Crippen LogP contribution in [0.25, 0.3) is 11.0 Å². The van der Waals surface area contributed by atoms with Gasteiger partial charge in [-0.1, -0.05) is 24.3 Å². The van der Waals surface area contributed by atoms with Crippen molar-refractivity contribution in [3.05, 3.63) is 101 Å². The van der Waals surface area contributed by atoms with Crippen LogP contribution < -0.4 is 0 Å². The molecule has 0 aliphatic heterocycles. The number of ether oxygens (including phenoxy) is 1. The lowest BCUT2D eigenvalue weighted by Crippen LogP contribution is -2.16. The van der Waals surface area contributed by atoms with E-state index in [1.54, 1.807) is 18.2 Å². The van der Waals surface area contributed by atoms with E-state index in [0.29, 0.717) is 11.9 Å². The van der Waals surface area contributed by atoms with Gasteiger partial charge >= 0.3 is 0 Å². The molecule has 0 spiro atoms. The van der Waals surface area contributed by atoms with Crippen LogP contribution in [0.1, 0.15) is 33.2 Å². The third-order valence-corrected chi connectivity index (χ3v) is 4.93. The number of nitrogens with zero attached hydrogens (tertiary/aromatic N) is 2. The number of aromatic nitrogens is 2. The van der Waals surface area contributed by atoms with Gasteiger partial charge in [-0.25, -0.2) is 8.78 Å². The Morgan fingerprint density at radius 1 is 0.969 bits per heavy atom. The second kappa shape index (κ2) is 8.89. The molecule has 4 aromatic rings. The minimum Gasteiger partial charge on any atom is -0.505 e. The van der Waals surface area contributed by atoms with Crippen molar-refractivity contribution in [1.29, 1.82) is 0 Å². The molecule has 6 nitrogen and oxygen atoms in total. The third kappa shape index (κ3) is 4.29. The number of carbonyl (C=O) groups is 2. The number of halogens is 2. The van der Waals surface area contributed by atoms with Gasteiger partial charge in [0.1, 0.15) is 17.2 Å². The summed E-state index contributed by atoms with van der Waals surface area (Å²) in [5, 5.41) is 10.7. The highest BCUT2D eigenvalue weighted by Crippen LogP contribution is 2.31. The predicted octanol–water partition coefficient (Wildman–Crippen LogP) is 4.30. The van der Waals surface area contributed by atoms with Crippen molar-refractivity contribution in [2.24, 2.45) is 0 Å². The molecule has 0 aliphatic carbocycles. The predicted molar refractivity (Wildman–Crippen MR) is 111 cm³/mol. The van der Waals surface area contributed by atoms with E-state index in [4.69, 9.17) is 4.74 Å². The first-order valence-electron chi connectivity index (χ1n) is 9.56. The molecule has 1 atom stereocenters. The number of hydrogen-bond acceptors (Lipinski definition) is 6. The number of aromatic hydroxyl groups is 1. The lowest BCUT2D eigenvalue weighted by Gasteiger charge is -2.15. The molecule has 0 aliphatic rings. The number of carbonyl (C=O) groups excluding carboxylic acids is 2. The number of ketones is 1. The summed E-state index contributed by atoms with van der Waals surface area (Å²) in [7, 11) is 0. The average molecular weight is 434 g/mol. The lowest BCUT2D eigenvalue weighted by molar-refractivity contribution is -0.132. The lowest BCUT2D eigenvalue weighted by atomic mass is 9.99.